The number of amides is 2. The maximum absolute atomic E-state index is 12.9. The summed E-state index contributed by atoms with van der Waals surface area (Å²) in [5, 5.41) is 2.85. The van der Waals surface area contributed by atoms with E-state index in [0.717, 1.165) is 18.8 Å². The summed E-state index contributed by atoms with van der Waals surface area (Å²) < 4.78 is 0. The maximum atomic E-state index is 12.9. The molecule has 1 aliphatic rings. The second-order valence-corrected chi connectivity index (χ2v) is 7.52. The number of para-hydroxylation sites is 1. The van der Waals surface area contributed by atoms with E-state index in [2.05, 4.69) is 41.4 Å². The molecule has 1 fully saturated rings. The van der Waals surface area contributed by atoms with Crippen LogP contribution in [-0.4, -0.2) is 42.9 Å². The average Bonchev–Trinajstić information content (AvgIpc) is 2.79. The monoisotopic (exact) mass is 399 g/mol. The number of piperazine rings is 1. The highest BCUT2D eigenvalue weighted by Crippen LogP contribution is 2.19. The number of benzene rings is 3. The van der Waals surface area contributed by atoms with Crippen molar-refractivity contribution in [1.82, 2.24) is 4.90 Å². The minimum atomic E-state index is -0.188. The molecule has 0 saturated carbocycles. The van der Waals surface area contributed by atoms with Gasteiger partial charge in [-0.15, -0.1) is 0 Å². The van der Waals surface area contributed by atoms with Crippen LogP contribution in [0.1, 0.15) is 26.3 Å². The van der Waals surface area contributed by atoms with Crippen molar-refractivity contribution in [2.24, 2.45) is 0 Å². The molecule has 1 N–H and O–H groups in total. The second-order valence-electron chi connectivity index (χ2n) is 7.52. The van der Waals surface area contributed by atoms with E-state index in [0.29, 0.717) is 24.2 Å². The summed E-state index contributed by atoms with van der Waals surface area (Å²) in [5.74, 6) is -0.180. The molecule has 30 heavy (non-hydrogen) atoms. The molecule has 0 bridgehead atoms. The first-order valence-corrected chi connectivity index (χ1v) is 10.2. The molecule has 0 atom stereocenters. The van der Waals surface area contributed by atoms with Crippen LogP contribution in [0, 0.1) is 6.92 Å². The predicted molar refractivity (Wildman–Crippen MR) is 120 cm³/mol. The van der Waals surface area contributed by atoms with E-state index in [1.807, 2.05) is 35.2 Å². The van der Waals surface area contributed by atoms with Crippen LogP contribution in [0.3, 0.4) is 0 Å². The van der Waals surface area contributed by atoms with Gasteiger partial charge in [-0.05, 0) is 61.0 Å². The summed E-state index contributed by atoms with van der Waals surface area (Å²) in [7, 11) is 0. The van der Waals surface area contributed by atoms with E-state index in [1.54, 1.807) is 24.3 Å². The molecule has 0 spiro atoms. The molecule has 3 aromatic rings. The second kappa shape index (κ2) is 8.82. The molecule has 1 saturated heterocycles. The van der Waals surface area contributed by atoms with E-state index in [4.69, 9.17) is 0 Å². The molecule has 1 heterocycles. The molecule has 2 amide bonds. The van der Waals surface area contributed by atoms with Crippen molar-refractivity contribution in [3.63, 3.8) is 0 Å². The smallest absolute Gasteiger partial charge is 0.255 e. The number of aryl methyl sites for hydroxylation is 1. The minimum absolute atomic E-state index is 0.00825. The number of nitrogens with zero attached hydrogens (tertiary/aromatic N) is 2. The highest BCUT2D eigenvalue weighted by Gasteiger charge is 2.22. The molecule has 0 aliphatic carbocycles. The van der Waals surface area contributed by atoms with Crippen molar-refractivity contribution in [2.45, 2.75) is 6.92 Å². The summed E-state index contributed by atoms with van der Waals surface area (Å²) in [6.45, 7) is 5.08. The standard InChI is InChI=1S/C25H25N3O2/c1-19-6-5-9-23(18-19)27-14-16-28(17-15-27)25(30)21-12-10-20(11-13-21)24(29)26-22-7-3-2-4-8-22/h2-13,18H,14-17H2,1H3,(H,26,29). The number of hydrogen-bond donors (Lipinski definition) is 1. The molecule has 1 aliphatic heterocycles. The van der Waals surface area contributed by atoms with E-state index in [1.165, 1.54) is 11.3 Å². The molecule has 4 rings (SSSR count). The van der Waals surface area contributed by atoms with Crippen LogP contribution in [0.4, 0.5) is 11.4 Å². The van der Waals surface area contributed by atoms with Crippen molar-refractivity contribution in [3.05, 3.63) is 95.6 Å². The van der Waals surface area contributed by atoms with Crippen LogP contribution in [-0.2, 0) is 0 Å². The van der Waals surface area contributed by atoms with Gasteiger partial charge in [-0.2, -0.15) is 0 Å². The molecular formula is C25H25N3O2. The van der Waals surface area contributed by atoms with Crippen LogP contribution < -0.4 is 10.2 Å². The fourth-order valence-corrected chi connectivity index (χ4v) is 3.66. The van der Waals surface area contributed by atoms with Crippen LogP contribution in [0.25, 0.3) is 0 Å². The van der Waals surface area contributed by atoms with Crippen molar-refractivity contribution in [3.8, 4) is 0 Å². The largest absolute Gasteiger partial charge is 0.368 e. The lowest BCUT2D eigenvalue weighted by Gasteiger charge is -2.36. The normalized spacial score (nSPS) is 13.8. The molecule has 0 unspecified atom stereocenters. The van der Waals surface area contributed by atoms with Crippen molar-refractivity contribution >= 4 is 23.2 Å². The Morgan fingerprint density at radius 1 is 0.767 bits per heavy atom. The molecule has 3 aromatic carbocycles. The number of carbonyl (C=O) groups excluding carboxylic acids is 2. The highest BCUT2D eigenvalue weighted by molar-refractivity contribution is 6.05. The number of rotatable bonds is 4. The molecule has 5 heteroatoms. The highest BCUT2D eigenvalue weighted by atomic mass is 16.2. The van der Waals surface area contributed by atoms with Gasteiger partial charge in [0.25, 0.3) is 11.8 Å². The van der Waals surface area contributed by atoms with Gasteiger partial charge in [-0.25, -0.2) is 0 Å². The molecule has 152 valence electrons. The van der Waals surface area contributed by atoms with Gasteiger partial charge in [0, 0.05) is 48.7 Å². The van der Waals surface area contributed by atoms with E-state index >= 15 is 0 Å². The Kier molecular flexibility index (Phi) is 5.80. The third-order valence-electron chi connectivity index (χ3n) is 5.36. The molecular weight excluding hydrogens is 374 g/mol. The SMILES string of the molecule is Cc1cccc(N2CCN(C(=O)c3ccc(C(=O)Nc4ccccc4)cc3)CC2)c1. The summed E-state index contributed by atoms with van der Waals surface area (Å²) in [4.78, 5) is 29.4. The quantitative estimate of drug-likeness (QED) is 0.715. The third kappa shape index (κ3) is 4.51. The first kappa shape index (κ1) is 19.7. The zero-order valence-corrected chi connectivity index (χ0v) is 17.0. The predicted octanol–water partition coefficient (Wildman–Crippen LogP) is 4.21. The molecule has 5 nitrogen and oxygen atoms in total. The fraction of sp³-hybridized carbons (Fsp3) is 0.200. The van der Waals surface area contributed by atoms with Crippen molar-refractivity contribution in [2.75, 3.05) is 36.4 Å². The lowest BCUT2D eigenvalue weighted by Crippen LogP contribution is -2.48. The number of nitrogens with one attached hydrogen (secondary N) is 1. The summed E-state index contributed by atoms with van der Waals surface area (Å²) in [6.07, 6.45) is 0. The Morgan fingerprint density at radius 3 is 2.10 bits per heavy atom. The Labute approximate surface area is 176 Å². The third-order valence-corrected chi connectivity index (χ3v) is 5.36. The van der Waals surface area contributed by atoms with Crippen LogP contribution in [0.5, 0.6) is 0 Å². The average molecular weight is 399 g/mol. The lowest BCUT2D eigenvalue weighted by molar-refractivity contribution is 0.0746. The first-order valence-electron chi connectivity index (χ1n) is 10.2. The lowest BCUT2D eigenvalue weighted by atomic mass is 10.1. The zero-order chi connectivity index (χ0) is 20.9. The first-order chi connectivity index (χ1) is 14.6. The molecule has 0 radical (unpaired) electrons. The van der Waals surface area contributed by atoms with Crippen LogP contribution in [0.15, 0.2) is 78.9 Å². The Hall–Kier alpha value is -3.60. The van der Waals surface area contributed by atoms with Gasteiger partial charge in [0.15, 0.2) is 0 Å². The molecule has 0 aromatic heterocycles. The van der Waals surface area contributed by atoms with Gasteiger partial charge in [0.05, 0.1) is 0 Å². The van der Waals surface area contributed by atoms with E-state index < -0.39 is 0 Å². The van der Waals surface area contributed by atoms with Crippen LogP contribution >= 0.6 is 0 Å². The minimum Gasteiger partial charge on any atom is -0.368 e. The van der Waals surface area contributed by atoms with E-state index in [-0.39, 0.29) is 11.8 Å². The van der Waals surface area contributed by atoms with Gasteiger partial charge in [-0.1, -0.05) is 30.3 Å². The summed E-state index contributed by atoms with van der Waals surface area (Å²) in [5.41, 5.74) is 4.32. The summed E-state index contributed by atoms with van der Waals surface area (Å²) >= 11 is 0. The number of hydrogen-bond acceptors (Lipinski definition) is 3. The fourth-order valence-electron chi connectivity index (χ4n) is 3.66. The maximum Gasteiger partial charge on any atom is 0.255 e. The zero-order valence-electron chi connectivity index (χ0n) is 17.0. The Balaban J connectivity index is 1.35. The van der Waals surface area contributed by atoms with E-state index in [9.17, 15) is 9.59 Å². The number of carbonyl (C=O) groups is 2. The van der Waals surface area contributed by atoms with Gasteiger partial charge in [0.1, 0.15) is 0 Å². The van der Waals surface area contributed by atoms with Gasteiger partial charge in [0.2, 0.25) is 0 Å². The summed E-state index contributed by atoms with van der Waals surface area (Å²) in [6, 6.07) is 24.6. The Bertz CT molecular complexity index is 1020. The van der Waals surface area contributed by atoms with Crippen molar-refractivity contribution < 1.29 is 9.59 Å². The topological polar surface area (TPSA) is 52.7 Å². The van der Waals surface area contributed by atoms with Gasteiger partial charge >= 0.3 is 0 Å². The number of anilines is 2. The Morgan fingerprint density at radius 2 is 1.43 bits per heavy atom. The van der Waals surface area contributed by atoms with Crippen LogP contribution in [0.2, 0.25) is 0 Å². The van der Waals surface area contributed by atoms with Gasteiger partial charge in [-0.3, -0.25) is 9.59 Å². The van der Waals surface area contributed by atoms with Gasteiger partial charge < -0.3 is 15.1 Å². The van der Waals surface area contributed by atoms with Crippen molar-refractivity contribution in [1.29, 1.82) is 0 Å².